The van der Waals surface area contributed by atoms with E-state index in [1.165, 1.54) is 5.56 Å². The molecule has 2 aromatic carbocycles. The molecule has 2 aromatic rings. The summed E-state index contributed by atoms with van der Waals surface area (Å²) in [6.45, 7) is 4.03. The fourth-order valence-electron chi connectivity index (χ4n) is 2.10. The van der Waals surface area contributed by atoms with Gasteiger partial charge in [-0.2, -0.15) is 0 Å². The van der Waals surface area contributed by atoms with Gasteiger partial charge in [-0.15, -0.1) is 0 Å². The highest BCUT2D eigenvalue weighted by Gasteiger charge is 2.08. The Bertz CT molecular complexity index is 708. The maximum atomic E-state index is 10.6. The van der Waals surface area contributed by atoms with Crippen LogP contribution in [0.5, 0.6) is 11.5 Å². The van der Waals surface area contributed by atoms with Gasteiger partial charge in [-0.3, -0.25) is 4.99 Å². The smallest absolute Gasteiger partial charge is 0.341 e. The summed E-state index contributed by atoms with van der Waals surface area (Å²) in [4.78, 5) is 15.1. The SMILES string of the molecule is CCOc1cc(C=Nc2ccc(CC)cc2)ccc1OCC(=O)O. The monoisotopic (exact) mass is 327 g/mol. The van der Waals surface area contributed by atoms with Crippen LogP contribution in [0.1, 0.15) is 25.0 Å². The molecule has 126 valence electrons. The van der Waals surface area contributed by atoms with Crippen molar-refractivity contribution < 1.29 is 19.4 Å². The molecular formula is C19H21NO4. The van der Waals surface area contributed by atoms with E-state index in [2.05, 4.69) is 24.0 Å². The number of carboxylic acids is 1. The van der Waals surface area contributed by atoms with E-state index >= 15 is 0 Å². The van der Waals surface area contributed by atoms with Gasteiger partial charge in [0.1, 0.15) is 0 Å². The molecule has 24 heavy (non-hydrogen) atoms. The predicted molar refractivity (Wildman–Crippen MR) is 93.8 cm³/mol. The molecule has 0 spiro atoms. The number of benzene rings is 2. The number of carbonyl (C=O) groups is 1. The molecule has 0 amide bonds. The number of aliphatic carboxylic acids is 1. The zero-order valence-electron chi connectivity index (χ0n) is 13.9. The van der Waals surface area contributed by atoms with E-state index in [1.54, 1.807) is 18.3 Å². The maximum Gasteiger partial charge on any atom is 0.341 e. The van der Waals surface area contributed by atoms with Crippen LogP contribution in [0.15, 0.2) is 47.5 Å². The van der Waals surface area contributed by atoms with E-state index in [-0.39, 0.29) is 0 Å². The third-order valence-corrected chi connectivity index (χ3v) is 3.33. The van der Waals surface area contributed by atoms with Crippen LogP contribution in [0, 0.1) is 0 Å². The molecule has 0 fully saturated rings. The number of rotatable bonds is 8. The number of hydrogen-bond donors (Lipinski definition) is 1. The average molecular weight is 327 g/mol. The van der Waals surface area contributed by atoms with Gasteiger partial charge < -0.3 is 14.6 Å². The fourth-order valence-corrected chi connectivity index (χ4v) is 2.10. The summed E-state index contributed by atoms with van der Waals surface area (Å²) in [5.74, 6) is -0.119. The Morgan fingerprint density at radius 3 is 2.46 bits per heavy atom. The van der Waals surface area contributed by atoms with Crippen molar-refractivity contribution >= 4 is 17.9 Å². The van der Waals surface area contributed by atoms with Crippen molar-refractivity contribution in [2.45, 2.75) is 20.3 Å². The second kappa shape index (κ2) is 8.72. The lowest BCUT2D eigenvalue weighted by Gasteiger charge is -2.11. The molecule has 5 heteroatoms. The first-order valence-electron chi connectivity index (χ1n) is 7.86. The number of hydrogen-bond acceptors (Lipinski definition) is 4. The summed E-state index contributed by atoms with van der Waals surface area (Å²) in [6, 6.07) is 13.3. The molecule has 0 aliphatic rings. The van der Waals surface area contributed by atoms with Gasteiger partial charge in [0.05, 0.1) is 12.3 Å². The summed E-state index contributed by atoms with van der Waals surface area (Å²) in [5.41, 5.74) is 2.99. The van der Waals surface area contributed by atoms with Crippen LogP contribution in [0.2, 0.25) is 0 Å². The zero-order valence-corrected chi connectivity index (χ0v) is 13.9. The van der Waals surface area contributed by atoms with Crippen LogP contribution < -0.4 is 9.47 Å². The minimum absolute atomic E-state index is 0.405. The van der Waals surface area contributed by atoms with E-state index in [4.69, 9.17) is 14.6 Å². The van der Waals surface area contributed by atoms with Crippen LogP contribution in [0.3, 0.4) is 0 Å². The molecule has 0 aliphatic heterocycles. The number of carboxylic acid groups (broad SMARTS) is 1. The van der Waals surface area contributed by atoms with Gasteiger partial charge in [0.15, 0.2) is 18.1 Å². The lowest BCUT2D eigenvalue weighted by atomic mass is 10.1. The molecule has 1 N–H and O–H groups in total. The standard InChI is InChI=1S/C19H21NO4/c1-3-14-5-8-16(9-6-14)20-12-15-7-10-17(24-13-19(21)22)18(11-15)23-4-2/h5-12H,3-4,13H2,1-2H3,(H,21,22). The molecule has 0 unspecified atom stereocenters. The van der Waals surface area contributed by atoms with Crippen LogP contribution >= 0.6 is 0 Å². The Morgan fingerprint density at radius 2 is 1.83 bits per heavy atom. The molecule has 0 radical (unpaired) electrons. The summed E-state index contributed by atoms with van der Waals surface area (Å²) in [6.07, 6.45) is 2.74. The average Bonchev–Trinajstić information content (AvgIpc) is 2.59. The molecule has 0 aliphatic carbocycles. The Balaban J connectivity index is 2.15. The van der Waals surface area contributed by atoms with E-state index < -0.39 is 12.6 Å². The minimum atomic E-state index is -1.03. The highest BCUT2D eigenvalue weighted by atomic mass is 16.5. The predicted octanol–water partition coefficient (Wildman–Crippen LogP) is 3.86. The Labute approximate surface area is 141 Å². The number of nitrogens with zero attached hydrogens (tertiary/aromatic N) is 1. The van der Waals surface area contributed by atoms with Crippen molar-refractivity contribution in [2.75, 3.05) is 13.2 Å². The number of aryl methyl sites for hydroxylation is 1. The molecule has 0 saturated carbocycles. The number of ether oxygens (including phenoxy) is 2. The van der Waals surface area contributed by atoms with Gasteiger partial charge in [-0.25, -0.2) is 4.79 Å². The first-order chi connectivity index (χ1) is 11.6. The molecular weight excluding hydrogens is 306 g/mol. The number of aliphatic imine (C=N–C) groups is 1. The summed E-state index contributed by atoms with van der Waals surface area (Å²) >= 11 is 0. The first kappa shape index (κ1) is 17.5. The van der Waals surface area contributed by atoms with Crippen molar-refractivity contribution in [1.29, 1.82) is 0 Å². The van der Waals surface area contributed by atoms with Crippen molar-refractivity contribution in [1.82, 2.24) is 0 Å². The molecule has 5 nitrogen and oxygen atoms in total. The van der Waals surface area contributed by atoms with E-state index in [0.717, 1.165) is 17.7 Å². The zero-order chi connectivity index (χ0) is 17.4. The molecule has 0 aromatic heterocycles. The molecule has 2 rings (SSSR count). The summed E-state index contributed by atoms with van der Waals surface area (Å²) in [7, 11) is 0. The third kappa shape index (κ3) is 5.12. The first-order valence-corrected chi connectivity index (χ1v) is 7.86. The lowest BCUT2D eigenvalue weighted by molar-refractivity contribution is -0.139. The van der Waals surface area contributed by atoms with Crippen LogP contribution in [0.4, 0.5) is 5.69 Å². The van der Waals surface area contributed by atoms with E-state index in [9.17, 15) is 4.79 Å². The molecule has 0 bridgehead atoms. The molecule has 0 heterocycles. The second-order valence-corrected chi connectivity index (χ2v) is 5.10. The normalized spacial score (nSPS) is 10.8. The highest BCUT2D eigenvalue weighted by Crippen LogP contribution is 2.28. The van der Waals surface area contributed by atoms with Gasteiger partial charge in [-0.1, -0.05) is 19.1 Å². The fraction of sp³-hybridized carbons (Fsp3) is 0.263. The lowest BCUT2D eigenvalue weighted by Crippen LogP contribution is -2.10. The third-order valence-electron chi connectivity index (χ3n) is 3.33. The Kier molecular flexibility index (Phi) is 6.37. The Morgan fingerprint density at radius 1 is 1.08 bits per heavy atom. The van der Waals surface area contributed by atoms with Crippen molar-refractivity contribution in [3.8, 4) is 11.5 Å². The quantitative estimate of drug-likeness (QED) is 0.748. The Hall–Kier alpha value is -2.82. The van der Waals surface area contributed by atoms with Gasteiger partial charge >= 0.3 is 5.97 Å². The largest absolute Gasteiger partial charge is 0.490 e. The van der Waals surface area contributed by atoms with Gasteiger partial charge in [0.2, 0.25) is 0 Å². The molecule has 0 atom stereocenters. The molecule has 0 saturated heterocycles. The van der Waals surface area contributed by atoms with Gasteiger partial charge in [-0.05, 0) is 54.8 Å². The topological polar surface area (TPSA) is 68.1 Å². The van der Waals surface area contributed by atoms with Crippen LogP contribution in [-0.2, 0) is 11.2 Å². The van der Waals surface area contributed by atoms with Gasteiger partial charge in [0, 0.05) is 6.21 Å². The summed E-state index contributed by atoms with van der Waals surface area (Å²) in [5, 5.41) is 8.71. The van der Waals surface area contributed by atoms with Crippen molar-refractivity contribution in [3.05, 3.63) is 53.6 Å². The van der Waals surface area contributed by atoms with Crippen molar-refractivity contribution in [2.24, 2.45) is 4.99 Å². The second-order valence-electron chi connectivity index (χ2n) is 5.10. The maximum absolute atomic E-state index is 10.6. The van der Waals surface area contributed by atoms with Gasteiger partial charge in [0.25, 0.3) is 0 Å². The minimum Gasteiger partial charge on any atom is -0.490 e. The van der Waals surface area contributed by atoms with Crippen LogP contribution in [-0.4, -0.2) is 30.5 Å². The summed E-state index contributed by atoms with van der Waals surface area (Å²) < 4.78 is 10.7. The van der Waals surface area contributed by atoms with Crippen LogP contribution in [0.25, 0.3) is 0 Å². The van der Waals surface area contributed by atoms with E-state index in [0.29, 0.717) is 18.1 Å². The highest BCUT2D eigenvalue weighted by molar-refractivity contribution is 5.83. The van der Waals surface area contributed by atoms with Crippen molar-refractivity contribution in [3.63, 3.8) is 0 Å². The van der Waals surface area contributed by atoms with E-state index in [1.807, 2.05) is 25.1 Å².